The van der Waals surface area contributed by atoms with Gasteiger partial charge in [-0.1, -0.05) is 58.9 Å². The molecule has 0 fully saturated rings. The number of ether oxygens (including phenoxy) is 2. The second-order valence-corrected chi connectivity index (χ2v) is 7.72. The normalized spacial score (nSPS) is 15.9. The van der Waals surface area contributed by atoms with Crippen LogP contribution < -0.4 is 9.47 Å². The predicted molar refractivity (Wildman–Crippen MR) is 122 cm³/mol. The maximum atomic E-state index is 15.0. The Bertz CT molecular complexity index is 866. The molecule has 2 nitrogen and oxygen atoms in total. The van der Waals surface area contributed by atoms with Crippen molar-refractivity contribution in [2.45, 2.75) is 67.2 Å². The highest BCUT2D eigenvalue weighted by Crippen LogP contribution is 2.41. The molecule has 1 aromatic rings. The van der Waals surface area contributed by atoms with Crippen LogP contribution in [0.2, 0.25) is 0 Å². The second-order valence-electron chi connectivity index (χ2n) is 7.72. The third-order valence-electron chi connectivity index (χ3n) is 4.89. The highest BCUT2D eigenvalue weighted by Gasteiger charge is 2.30. The molecule has 1 aromatic carbocycles. The zero-order chi connectivity index (χ0) is 23.7. The zero-order valence-corrected chi connectivity index (χ0v) is 19.6. The van der Waals surface area contributed by atoms with E-state index in [0.29, 0.717) is 17.6 Å². The summed E-state index contributed by atoms with van der Waals surface area (Å²) in [5.74, 6) is -3.92. The molecule has 1 heterocycles. The van der Waals surface area contributed by atoms with Gasteiger partial charge in [-0.3, -0.25) is 0 Å². The van der Waals surface area contributed by atoms with Crippen molar-refractivity contribution in [2.75, 3.05) is 6.61 Å². The van der Waals surface area contributed by atoms with Crippen molar-refractivity contribution < 1.29 is 22.6 Å². The van der Waals surface area contributed by atoms with Crippen LogP contribution in [-0.2, 0) is 6.42 Å². The van der Waals surface area contributed by atoms with Crippen molar-refractivity contribution in [1.29, 1.82) is 0 Å². The fourth-order valence-electron chi connectivity index (χ4n) is 2.85. The summed E-state index contributed by atoms with van der Waals surface area (Å²) in [4.78, 5) is 0. The van der Waals surface area contributed by atoms with Gasteiger partial charge in [0.1, 0.15) is 0 Å². The largest absolute Gasteiger partial charge is 0.491 e. The lowest BCUT2D eigenvalue weighted by Crippen LogP contribution is -2.15. The smallest absolute Gasteiger partial charge is 0.205 e. The molecule has 172 valence electrons. The maximum Gasteiger partial charge on any atom is 0.205 e. The van der Waals surface area contributed by atoms with E-state index in [-0.39, 0.29) is 41.8 Å². The Morgan fingerprint density at radius 1 is 1.23 bits per heavy atom. The second kappa shape index (κ2) is 12.4. The molecule has 1 aliphatic heterocycles. The first kappa shape index (κ1) is 26.6. The highest BCUT2D eigenvalue weighted by atomic mass is 19.2. The number of hydrogen-bond acceptors (Lipinski definition) is 2. The Morgan fingerprint density at radius 3 is 2.39 bits per heavy atom. The summed E-state index contributed by atoms with van der Waals surface area (Å²) >= 11 is 0. The molecule has 0 N–H and O–H groups in total. The first-order chi connectivity index (χ1) is 14.6. The van der Waals surface area contributed by atoms with Gasteiger partial charge in [0.25, 0.3) is 0 Å². The van der Waals surface area contributed by atoms with E-state index in [0.717, 1.165) is 6.42 Å². The number of fused-ring (bicyclic) bond motifs is 1. The third kappa shape index (κ3) is 6.78. The number of rotatable bonds is 7. The molecule has 0 bridgehead atoms. The van der Waals surface area contributed by atoms with E-state index >= 15 is 4.39 Å². The number of hydrogen-bond donors (Lipinski definition) is 0. The molecule has 0 aromatic heterocycles. The van der Waals surface area contributed by atoms with Crippen LogP contribution in [0.25, 0.3) is 0 Å². The fourth-order valence-corrected chi connectivity index (χ4v) is 2.85. The molecule has 5 heteroatoms. The molecule has 0 saturated carbocycles. The maximum absolute atomic E-state index is 15.0. The van der Waals surface area contributed by atoms with Crippen molar-refractivity contribution in [1.82, 2.24) is 0 Å². The zero-order valence-electron chi connectivity index (χ0n) is 19.6. The molecule has 0 saturated heterocycles. The molecular formula is C26H35F3O2. The number of benzene rings is 1. The minimum atomic E-state index is -1.20. The molecule has 0 spiro atoms. The number of halogens is 3. The van der Waals surface area contributed by atoms with Crippen molar-refractivity contribution in [3.8, 4) is 11.5 Å². The Labute approximate surface area is 185 Å². The topological polar surface area (TPSA) is 18.5 Å². The molecule has 1 atom stereocenters. The SMILES string of the molecule is C=C1Cc2cc(OCC)c(F)c(F)c2O/C1=C(\F)C(=C)C(C)C/C=C(\C)CC.CCC. The van der Waals surface area contributed by atoms with Gasteiger partial charge in [0.05, 0.1) is 6.61 Å². The van der Waals surface area contributed by atoms with Gasteiger partial charge in [-0.05, 0) is 49.8 Å². The van der Waals surface area contributed by atoms with Crippen LogP contribution in [0.4, 0.5) is 13.2 Å². The fraction of sp³-hybridized carbons (Fsp3) is 0.462. The molecule has 0 radical (unpaired) electrons. The van der Waals surface area contributed by atoms with Crippen molar-refractivity contribution in [3.63, 3.8) is 0 Å². The molecule has 0 amide bonds. The quantitative estimate of drug-likeness (QED) is 0.400. The first-order valence-electron chi connectivity index (χ1n) is 10.9. The summed E-state index contributed by atoms with van der Waals surface area (Å²) < 4.78 is 54.2. The highest BCUT2D eigenvalue weighted by molar-refractivity contribution is 5.52. The van der Waals surface area contributed by atoms with E-state index in [2.05, 4.69) is 33.9 Å². The standard InChI is InChI=1S/C23H27F3O2.C3H8/c1-7-13(3)9-10-14(4)16(6)19(24)22-15(5)11-17-12-18(27-8-2)20(25)21(26)23(17)28-22;1-3-2/h9,12,14H,5-8,10-11H2,1-4H3;3H2,1-2H3/b13-9+,22-19-;. The summed E-state index contributed by atoms with van der Waals surface area (Å²) in [7, 11) is 0. The van der Waals surface area contributed by atoms with E-state index in [1.54, 1.807) is 6.92 Å². The van der Waals surface area contributed by atoms with Crippen molar-refractivity contribution >= 4 is 0 Å². The molecule has 2 rings (SSSR count). The van der Waals surface area contributed by atoms with Gasteiger partial charge in [0, 0.05) is 12.0 Å². The Kier molecular flexibility index (Phi) is 10.7. The lowest BCUT2D eigenvalue weighted by molar-refractivity contribution is 0.302. The van der Waals surface area contributed by atoms with E-state index in [1.807, 2.05) is 19.9 Å². The van der Waals surface area contributed by atoms with Gasteiger partial charge in [-0.15, -0.1) is 0 Å². The third-order valence-corrected chi connectivity index (χ3v) is 4.89. The van der Waals surface area contributed by atoms with E-state index in [4.69, 9.17) is 9.47 Å². The van der Waals surface area contributed by atoms with Crippen LogP contribution in [0.3, 0.4) is 0 Å². The average Bonchev–Trinajstić information content (AvgIpc) is 2.74. The van der Waals surface area contributed by atoms with Gasteiger partial charge >= 0.3 is 0 Å². The molecular weight excluding hydrogens is 401 g/mol. The van der Waals surface area contributed by atoms with Crippen LogP contribution in [0.1, 0.15) is 66.4 Å². The van der Waals surface area contributed by atoms with Gasteiger partial charge in [-0.2, -0.15) is 8.78 Å². The summed E-state index contributed by atoms with van der Waals surface area (Å²) in [6.45, 7) is 19.7. The van der Waals surface area contributed by atoms with E-state index < -0.39 is 17.5 Å². The average molecular weight is 437 g/mol. The first-order valence-corrected chi connectivity index (χ1v) is 10.9. The van der Waals surface area contributed by atoms with E-state index in [9.17, 15) is 8.78 Å². The van der Waals surface area contributed by atoms with Crippen LogP contribution >= 0.6 is 0 Å². The summed E-state index contributed by atoms with van der Waals surface area (Å²) in [6.07, 6.45) is 4.98. The number of allylic oxidation sites excluding steroid dienone is 5. The predicted octanol–water partition coefficient (Wildman–Crippen LogP) is 8.39. The van der Waals surface area contributed by atoms with Crippen LogP contribution in [0, 0.1) is 17.6 Å². The van der Waals surface area contributed by atoms with Crippen molar-refractivity contribution in [3.05, 3.63) is 70.8 Å². The van der Waals surface area contributed by atoms with Crippen LogP contribution in [-0.4, -0.2) is 6.61 Å². The monoisotopic (exact) mass is 436 g/mol. The minimum absolute atomic E-state index is 0.131. The molecule has 1 aliphatic rings. The van der Waals surface area contributed by atoms with Gasteiger partial charge < -0.3 is 9.47 Å². The lowest BCUT2D eigenvalue weighted by atomic mass is 9.93. The summed E-state index contributed by atoms with van der Waals surface area (Å²) in [5.41, 5.74) is 2.16. The van der Waals surface area contributed by atoms with Gasteiger partial charge in [-0.25, -0.2) is 4.39 Å². The van der Waals surface area contributed by atoms with E-state index in [1.165, 1.54) is 18.1 Å². The Balaban J connectivity index is 0.00000151. The van der Waals surface area contributed by atoms with Gasteiger partial charge in [0.15, 0.2) is 23.1 Å². The van der Waals surface area contributed by atoms with Crippen molar-refractivity contribution in [2.24, 2.45) is 5.92 Å². The molecule has 31 heavy (non-hydrogen) atoms. The Morgan fingerprint density at radius 2 is 1.84 bits per heavy atom. The van der Waals surface area contributed by atoms with Crippen LogP contribution in [0.5, 0.6) is 11.5 Å². The Hall–Kier alpha value is -2.43. The molecule has 0 aliphatic carbocycles. The minimum Gasteiger partial charge on any atom is -0.491 e. The summed E-state index contributed by atoms with van der Waals surface area (Å²) in [6, 6.07) is 1.37. The lowest BCUT2D eigenvalue weighted by Gasteiger charge is -2.25. The van der Waals surface area contributed by atoms with Crippen LogP contribution in [0.15, 0.2) is 53.6 Å². The summed E-state index contributed by atoms with van der Waals surface area (Å²) in [5, 5.41) is 0. The van der Waals surface area contributed by atoms with Gasteiger partial charge in [0.2, 0.25) is 11.6 Å². The molecule has 1 unspecified atom stereocenters.